The maximum Gasteiger partial charge on any atom is 0.139 e. The molecule has 2 heterocycles. The fourth-order valence-electron chi connectivity index (χ4n) is 6.63. The summed E-state index contributed by atoms with van der Waals surface area (Å²) >= 11 is 0.0367. The SMILES string of the molecule is C1CC[CH]([Sn][CH]2CCCCC2)CC1.OC1CCCC2CCCNC12.Oc1cccc2c1NCC=C2. The van der Waals surface area contributed by atoms with Gasteiger partial charge in [-0.05, 0) is 44.2 Å². The first-order valence-corrected chi connectivity index (χ1v) is 17.9. The van der Waals surface area contributed by atoms with Gasteiger partial charge in [0.1, 0.15) is 5.75 Å². The standard InChI is InChI=1S/C9H17NO.C9H9NO.2C6H11.Sn/c2*11-8-5-1-3-7-4-2-6-10-9(7)8;2*1-2-4-6-5-3-1;/h7-11H,1-6H2;1-5,10-11H,6H2;2*1H,2-6H2;. The average molecular weight is 587 g/mol. The fourth-order valence-corrected chi connectivity index (χ4v) is 12.8. The predicted molar refractivity (Wildman–Crippen MR) is 149 cm³/mol. The minimum atomic E-state index is -0.0611. The van der Waals surface area contributed by atoms with Gasteiger partial charge in [-0.1, -0.05) is 30.7 Å². The largest absolute Gasteiger partial charge is 0.506 e. The van der Waals surface area contributed by atoms with Crippen molar-refractivity contribution in [3.63, 3.8) is 0 Å². The van der Waals surface area contributed by atoms with Crippen LogP contribution in [0.25, 0.3) is 6.08 Å². The molecule has 4 fully saturated rings. The second-order valence-electron chi connectivity index (χ2n) is 11.2. The molecule has 1 aromatic rings. The monoisotopic (exact) mass is 588 g/mol. The number of aliphatic hydroxyl groups excluding tert-OH is 1. The number of anilines is 1. The van der Waals surface area contributed by atoms with E-state index in [2.05, 4.69) is 10.6 Å². The Balaban J connectivity index is 0.000000124. The smallest absolute Gasteiger partial charge is 0.139 e. The molecular formula is C30H48N2O2Sn. The Labute approximate surface area is 224 Å². The van der Waals surface area contributed by atoms with E-state index in [9.17, 15) is 10.2 Å². The third-order valence-corrected chi connectivity index (χ3v) is 14.6. The number of aromatic hydroxyl groups is 1. The summed E-state index contributed by atoms with van der Waals surface area (Å²) < 4.78 is 2.58. The number of phenols is 1. The molecule has 3 saturated carbocycles. The molecule has 1 aromatic carbocycles. The van der Waals surface area contributed by atoms with Crippen LogP contribution in [0, 0.1) is 5.92 Å². The number of phenolic OH excluding ortho intramolecular Hbond substituents is 1. The van der Waals surface area contributed by atoms with Gasteiger partial charge >= 0.3 is 93.2 Å². The van der Waals surface area contributed by atoms with Gasteiger partial charge in [0.2, 0.25) is 0 Å². The van der Waals surface area contributed by atoms with Crippen LogP contribution in [0.2, 0.25) is 7.87 Å². The Hall–Kier alpha value is -0.721. The predicted octanol–water partition coefficient (Wildman–Crippen LogP) is 6.93. The number of benzene rings is 1. The maximum atomic E-state index is 9.64. The Bertz CT molecular complexity index is 756. The van der Waals surface area contributed by atoms with E-state index in [4.69, 9.17) is 0 Å². The van der Waals surface area contributed by atoms with Crippen LogP contribution in [0.4, 0.5) is 5.69 Å². The van der Waals surface area contributed by atoms with Crippen LogP contribution in [0.15, 0.2) is 24.3 Å². The minimum absolute atomic E-state index is 0.0367. The maximum absolute atomic E-state index is 9.64. The molecule has 35 heavy (non-hydrogen) atoms. The van der Waals surface area contributed by atoms with Crippen LogP contribution in [0.3, 0.4) is 0 Å². The van der Waals surface area contributed by atoms with Crippen molar-refractivity contribution < 1.29 is 10.2 Å². The van der Waals surface area contributed by atoms with Gasteiger partial charge < -0.3 is 20.8 Å². The zero-order valence-electron chi connectivity index (χ0n) is 21.7. The van der Waals surface area contributed by atoms with E-state index in [-0.39, 0.29) is 27.2 Å². The van der Waals surface area contributed by atoms with Gasteiger partial charge in [0.25, 0.3) is 0 Å². The second-order valence-corrected chi connectivity index (χ2v) is 16.9. The van der Waals surface area contributed by atoms with Gasteiger partial charge in [0, 0.05) is 18.2 Å². The molecule has 0 bridgehead atoms. The van der Waals surface area contributed by atoms with Gasteiger partial charge in [0.05, 0.1) is 11.8 Å². The Morgan fingerprint density at radius 1 is 0.771 bits per heavy atom. The molecular weight excluding hydrogens is 539 g/mol. The number of para-hydroxylation sites is 1. The summed E-state index contributed by atoms with van der Waals surface area (Å²) in [5.41, 5.74) is 1.89. The van der Waals surface area contributed by atoms with E-state index in [1.54, 1.807) is 70.3 Å². The van der Waals surface area contributed by atoms with Crippen molar-refractivity contribution in [1.82, 2.24) is 5.32 Å². The quantitative estimate of drug-likeness (QED) is 0.224. The summed E-state index contributed by atoms with van der Waals surface area (Å²) in [4.78, 5) is 0. The Morgan fingerprint density at radius 2 is 1.46 bits per heavy atom. The number of hydrogen-bond donors (Lipinski definition) is 4. The van der Waals surface area contributed by atoms with Crippen molar-refractivity contribution >= 4 is 32.9 Å². The molecule has 3 atom stereocenters. The van der Waals surface area contributed by atoms with Crippen LogP contribution < -0.4 is 10.6 Å². The number of piperidine rings is 1. The van der Waals surface area contributed by atoms with Crippen molar-refractivity contribution in [3.05, 3.63) is 29.8 Å². The third-order valence-electron chi connectivity index (χ3n) is 8.58. The molecule has 2 aliphatic heterocycles. The molecule has 2 radical (unpaired) electrons. The van der Waals surface area contributed by atoms with Crippen molar-refractivity contribution in [2.75, 3.05) is 18.4 Å². The number of aliphatic hydroxyl groups is 1. The molecule has 3 aliphatic carbocycles. The minimum Gasteiger partial charge on any atom is -0.506 e. The topological polar surface area (TPSA) is 64.5 Å². The van der Waals surface area contributed by atoms with Gasteiger partial charge in [-0.3, -0.25) is 0 Å². The fraction of sp³-hybridized carbons (Fsp3) is 0.733. The Kier molecular flexibility index (Phi) is 11.6. The van der Waals surface area contributed by atoms with E-state index in [0.29, 0.717) is 11.8 Å². The normalized spacial score (nSPS) is 28.8. The molecule has 3 unspecified atom stereocenters. The molecule has 5 aliphatic rings. The molecule has 0 aromatic heterocycles. The van der Waals surface area contributed by atoms with Crippen molar-refractivity contribution in [1.29, 1.82) is 0 Å². The molecule has 5 heteroatoms. The summed E-state index contributed by atoms with van der Waals surface area (Å²) in [5, 5.41) is 25.5. The summed E-state index contributed by atoms with van der Waals surface area (Å²) in [5.74, 6) is 1.10. The Morgan fingerprint density at radius 3 is 2.11 bits per heavy atom. The van der Waals surface area contributed by atoms with Crippen molar-refractivity contribution in [2.24, 2.45) is 5.92 Å². The number of rotatable bonds is 2. The summed E-state index contributed by atoms with van der Waals surface area (Å²) in [6, 6.07) is 5.92. The van der Waals surface area contributed by atoms with Crippen LogP contribution in [-0.4, -0.2) is 56.6 Å². The molecule has 0 amide bonds. The number of nitrogens with one attached hydrogen (secondary N) is 2. The molecule has 4 N–H and O–H groups in total. The van der Waals surface area contributed by atoms with E-state index in [1.807, 2.05) is 24.3 Å². The summed E-state index contributed by atoms with van der Waals surface area (Å²) in [7, 11) is 0. The first-order chi connectivity index (χ1) is 17.2. The van der Waals surface area contributed by atoms with E-state index >= 15 is 0 Å². The van der Waals surface area contributed by atoms with Crippen LogP contribution >= 0.6 is 0 Å². The van der Waals surface area contributed by atoms with Gasteiger partial charge in [0.15, 0.2) is 0 Å². The number of fused-ring (bicyclic) bond motifs is 2. The van der Waals surface area contributed by atoms with Gasteiger partial charge in [-0.15, -0.1) is 0 Å². The second kappa shape index (κ2) is 14.9. The molecule has 1 saturated heterocycles. The first-order valence-electron chi connectivity index (χ1n) is 14.6. The molecule has 0 spiro atoms. The average Bonchev–Trinajstić information content (AvgIpc) is 2.91. The summed E-state index contributed by atoms with van der Waals surface area (Å²) in [6.45, 7) is 1.91. The zero-order valence-corrected chi connectivity index (χ0v) is 24.5. The van der Waals surface area contributed by atoms with Crippen molar-refractivity contribution in [3.8, 4) is 5.75 Å². The van der Waals surface area contributed by atoms with E-state index in [0.717, 1.165) is 36.7 Å². The molecule has 4 nitrogen and oxygen atoms in total. The summed E-state index contributed by atoms with van der Waals surface area (Å²) in [6.07, 6.45) is 26.0. The molecule has 6 rings (SSSR count). The van der Waals surface area contributed by atoms with E-state index in [1.165, 1.54) is 33.6 Å². The molecule has 194 valence electrons. The third kappa shape index (κ3) is 8.67. The zero-order chi connectivity index (χ0) is 24.3. The van der Waals surface area contributed by atoms with Crippen LogP contribution in [0.5, 0.6) is 5.75 Å². The van der Waals surface area contributed by atoms with Gasteiger partial charge in [-0.2, -0.15) is 0 Å². The van der Waals surface area contributed by atoms with Crippen LogP contribution in [0.1, 0.15) is 102 Å². The van der Waals surface area contributed by atoms with E-state index < -0.39 is 0 Å². The first kappa shape index (κ1) is 27.3. The van der Waals surface area contributed by atoms with Crippen LogP contribution in [-0.2, 0) is 0 Å². The number of hydrogen-bond acceptors (Lipinski definition) is 4. The van der Waals surface area contributed by atoms with Crippen molar-refractivity contribution in [2.45, 2.75) is 116 Å². The van der Waals surface area contributed by atoms with Gasteiger partial charge in [-0.25, -0.2) is 0 Å².